The zero-order valence-corrected chi connectivity index (χ0v) is 15.4. The quantitative estimate of drug-likeness (QED) is 0.853. The molecule has 0 unspecified atom stereocenters. The zero-order valence-electron chi connectivity index (χ0n) is 15.4. The van der Waals surface area contributed by atoms with Gasteiger partial charge in [-0.05, 0) is 100 Å². The predicted molar refractivity (Wildman–Crippen MR) is 93.5 cm³/mol. The van der Waals surface area contributed by atoms with E-state index in [9.17, 15) is 9.90 Å². The summed E-state index contributed by atoms with van der Waals surface area (Å²) in [6.07, 6.45) is 10.7. The molecule has 0 aromatic carbocycles. The Labute approximate surface area is 146 Å². The van der Waals surface area contributed by atoms with E-state index in [1.807, 2.05) is 6.92 Å². The van der Waals surface area contributed by atoms with Gasteiger partial charge in [0.05, 0.1) is 12.2 Å². The summed E-state index contributed by atoms with van der Waals surface area (Å²) in [5.74, 6) is 5.56. The molecule has 4 saturated carbocycles. The van der Waals surface area contributed by atoms with Crippen molar-refractivity contribution in [1.29, 1.82) is 0 Å². The molecule has 0 heterocycles. The molecule has 4 aliphatic carbocycles. The lowest BCUT2D eigenvalue weighted by Crippen LogP contribution is -2.50. The largest absolute Gasteiger partial charge is 0.387 e. The molecule has 0 aliphatic heterocycles. The summed E-state index contributed by atoms with van der Waals surface area (Å²) in [5.41, 5.74) is -0.576. The average Bonchev–Trinajstić information content (AvgIpc) is 2.98. The number of carbonyl (C=O) groups excluding carboxylic acids is 1. The van der Waals surface area contributed by atoms with Crippen LogP contribution >= 0.6 is 0 Å². The number of fused-ring (bicyclic) bond motifs is 5. The Morgan fingerprint density at radius 3 is 2.33 bits per heavy atom. The van der Waals surface area contributed by atoms with Crippen molar-refractivity contribution in [2.24, 2.45) is 41.4 Å². The highest BCUT2D eigenvalue weighted by Crippen LogP contribution is 2.59. The van der Waals surface area contributed by atoms with Crippen LogP contribution in [0.4, 0.5) is 0 Å². The minimum absolute atomic E-state index is 0.367. The van der Waals surface area contributed by atoms with Gasteiger partial charge < -0.3 is 9.84 Å². The topological polar surface area (TPSA) is 46.5 Å². The first kappa shape index (κ1) is 17.0. The molecule has 4 rings (SSSR count). The molecule has 136 valence electrons. The molecule has 0 bridgehead atoms. The van der Waals surface area contributed by atoms with Gasteiger partial charge >= 0.3 is 0 Å². The van der Waals surface area contributed by atoms with Crippen LogP contribution in [0.25, 0.3) is 0 Å². The molecule has 3 heteroatoms. The molecule has 1 N–H and O–H groups in total. The van der Waals surface area contributed by atoms with E-state index in [2.05, 4.69) is 0 Å². The van der Waals surface area contributed by atoms with Crippen molar-refractivity contribution >= 4 is 5.78 Å². The van der Waals surface area contributed by atoms with Gasteiger partial charge in [-0.15, -0.1) is 0 Å². The maximum atomic E-state index is 12.0. The average molecular weight is 335 g/mol. The van der Waals surface area contributed by atoms with E-state index in [1.165, 1.54) is 38.5 Å². The molecule has 0 aromatic heterocycles. The van der Waals surface area contributed by atoms with Gasteiger partial charge in [0.1, 0.15) is 5.78 Å². The maximum Gasteiger partial charge on any atom is 0.133 e. The third kappa shape index (κ3) is 2.76. The number of rotatable bonds is 3. The first-order chi connectivity index (χ1) is 11.5. The van der Waals surface area contributed by atoms with Crippen LogP contribution in [-0.2, 0) is 9.53 Å². The Bertz CT molecular complexity index is 489. The fourth-order valence-electron chi connectivity index (χ4n) is 7.52. The van der Waals surface area contributed by atoms with E-state index in [0.717, 1.165) is 42.9 Å². The van der Waals surface area contributed by atoms with E-state index in [-0.39, 0.29) is 0 Å². The predicted octanol–water partition coefficient (Wildman–Crippen LogP) is 3.83. The Morgan fingerprint density at radius 1 is 0.958 bits per heavy atom. The normalized spacial score (nSPS) is 50.7. The third-order valence-electron chi connectivity index (χ3n) is 8.36. The van der Waals surface area contributed by atoms with Crippen LogP contribution < -0.4 is 0 Å². The number of ether oxygens (including phenoxy) is 1. The molecule has 8 atom stereocenters. The van der Waals surface area contributed by atoms with Gasteiger partial charge in [-0.3, -0.25) is 4.79 Å². The Kier molecular flexibility index (Phi) is 4.53. The second-order valence-electron chi connectivity index (χ2n) is 9.43. The van der Waals surface area contributed by atoms with Crippen molar-refractivity contribution in [3.8, 4) is 0 Å². The van der Waals surface area contributed by atoms with E-state index >= 15 is 0 Å². The minimum Gasteiger partial charge on any atom is -0.387 e. The fraction of sp³-hybridized carbons (Fsp3) is 0.952. The van der Waals surface area contributed by atoms with Gasteiger partial charge in [0.15, 0.2) is 0 Å². The van der Waals surface area contributed by atoms with Crippen molar-refractivity contribution in [2.45, 2.75) is 70.3 Å². The van der Waals surface area contributed by atoms with Crippen LogP contribution in [0.2, 0.25) is 0 Å². The third-order valence-corrected chi connectivity index (χ3v) is 8.36. The van der Waals surface area contributed by atoms with E-state index < -0.39 is 5.60 Å². The van der Waals surface area contributed by atoms with Gasteiger partial charge in [0.25, 0.3) is 0 Å². The summed E-state index contributed by atoms with van der Waals surface area (Å²) in [6.45, 7) is 2.31. The first-order valence-corrected chi connectivity index (χ1v) is 10.2. The number of hydrogen-bond acceptors (Lipinski definition) is 3. The number of carbonyl (C=O) groups is 1. The summed E-state index contributed by atoms with van der Waals surface area (Å²) in [7, 11) is 1.70. The number of Topliss-reactive ketones (excluding diaryl/α,β-unsaturated/α-hetero) is 1. The molecule has 3 nitrogen and oxygen atoms in total. The SMILES string of the molecule is COC[C@]1(O)CC[C@H]2[C@H](CC[C@@H]3[C@@H]2CC[C@H]2[C@H]3CC[C@@H]2C(C)=O)C1. The monoisotopic (exact) mass is 334 g/mol. The number of ketones is 1. The van der Waals surface area contributed by atoms with Crippen LogP contribution in [0, 0.1) is 41.4 Å². The number of aliphatic hydroxyl groups is 1. The Hall–Kier alpha value is -0.410. The van der Waals surface area contributed by atoms with Crippen LogP contribution in [0.15, 0.2) is 0 Å². The lowest BCUT2D eigenvalue weighted by Gasteiger charge is -2.54. The maximum absolute atomic E-state index is 12.0. The van der Waals surface area contributed by atoms with Crippen molar-refractivity contribution in [2.75, 3.05) is 13.7 Å². The number of hydrogen-bond donors (Lipinski definition) is 1. The fourth-order valence-corrected chi connectivity index (χ4v) is 7.52. The van der Waals surface area contributed by atoms with Crippen molar-refractivity contribution in [1.82, 2.24) is 0 Å². The second-order valence-corrected chi connectivity index (χ2v) is 9.43. The van der Waals surface area contributed by atoms with E-state index in [4.69, 9.17) is 4.74 Å². The summed E-state index contributed by atoms with van der Waals surface area (Å²) in [5, 5.41) is 10.8. The summed E-state index contributed by atoms with van der Waals surface area (Å²) in [6, 6.07) is 0. The van der Waals surface area contributed by atoms with Crippen LogP contribution in [0.1, 0.15) is 64.7 Å². The van der Waals surface area contributed by atoms with Crippen molar-refractivity contribution in [3.63, 3.8) is 0 Å². The highest BCUT2D eigenvalue weighted by molar-refractivity contribution is 5.79. The molecule has 24 heavy (non-hydrogen) atoms. The van der Waals surface area contributed by atoms with Crippen molar-refractivity contribution in [3.05, 3.63) is 0 Å². The van der Waals surface area contributed by atoms with E-state index in [0.29, 0.717) is 30.1 Å². The molecular weight excluding hydrogens is 300 g/mol. The smallest absolute Gasteiger partial charge is 0.133 e. The van der Waals surface area contributed by atoms with Gasteiger partial charge in [0, 0.05) is 13.0 Å². The van der Waals surface area contributed by atoms with Gasteiger partial charge in [-0.25, -0.2) is 0 Å². The Balaban J connectivity index is 1.47. The molecular formula is C21H34O3. The molecule has 0 saturated heterocycles. The van der Waals surface area contributed by atoms with Crippen LogP contribution in [0.5, 0.6) is 0 Å². The highest BCUT2D eigenvalue weighted by atomic mass is 16.5. The first-order valence-electron chi connectivity index (χ1n) is 10.2. The minimum atomic E-state index is -0.576. The van der Waals surface area contributed by atoms with Crippen LogP contribution in [0.3, 0.4) is 0 Å². The highest BCUT2D eigenvalue weighted by Gasteiger charge is 2.53. The zero-order chi connectivity index (χ0) is 16.9. The standard InChI is InChI=1S/C21H34O3/c1-13(22)15-5-6-20-17(15)7-8-18-16-9-10-21(23,12-24-2)11-14(16)3-4-19(18)20/h14-20,23H,3-12H2,1-2H3/t14-,15-,16+,17-,18-,19-,20-,21+/m1/s1. The van der Waals surface area contributed by atoms with Gasteiger partial charge in [-0.2, -0.15) is 0 Å². The molecule has 0 spiro atoms. The number of methoxy groups -OCH3 is 1. The molecule has 0 radical (unpaired) electrons. The summed E-state index contributed by atoms with van der Waals surface area (Å²) in [4.78, 5) is 12.0. The summed E-state index contributed by atoms with van der Waals surface area (Å²) >= 11 is 0. The molecule has 0 amide bonds. The van der Waals surface area contributed by atoms with Gasteiger partial charge in [-0.1, -0.05) is 0 Å². The Morgan fingerprint density at radius 2 is 1.58 bits per heavy atom. The van der Waals surface area contributed by atoms with Crippen molar-refractivity contribution < 1.29 is 14.6 Å². The molecule has 4 aliphatic rings. The lowest BCUT2D eigenvalue weighted by molar-refractivity contribution is -0.126. The molecule has 0 aromatic rings. The summed E-state index contributed by atoms with van der Waals surface area (Å²) < 4.78 is 5.28. The lowest BCUT2D eigenvalue weighted by atomic mass is 9.52. The molecule has 4 fully saturated rings. The second kappa shape index (κ2) is 6.39. The van der Waals surface area contributed by atoms with Gasteiger partial charge in [0.2, 0.25) is 0 Å². The van der Waals surface area contributed by atoms with Crippen LogP contribution in [-0.4, -0.2) is 30.2 Å². The van der Waals surface area contributed by atoms with E-state index in [1.54, 1.807) is 7.11 Å².